The van der Waals surface area contributed by atoms with Crippen LogP contribution >= 0.6 is 0 Å². The van der Waals surface area contributed by atoms with Crippen LogP contribution < -0.4 is 17.0 Å². The number of pyridine rings is 2. The largest absolute Gasteiger partial charge is 0.384 e. The van der Waals surface area contributed by atoms with Gasteiger partial charge in [0.2, 0.25) is 5.78 Å². The fourth-order valence-electron chi connectivity index (χ4n) is 5.63. The highest BCUT2D eigenvalue weighted by molar-refractivity contribution is 6.18. The van der Waals surface area contributed by atoms with Crippen LogP contribution in [0.3, 0.4) is 0 Å². The third-order valence-corrected chi connectivity index (χ3v) is 8.13. The Labute approximate surface area is 270 Å². The van der Waals surface area contributed by atoms with E-state index in [-0.39, 0.29) is 11.1 Å². The fraction of sp³-hybridized carbons (Fsp3) is 0.0270. The number of halogens is 2. The molecule has 48 heavy (non-hydrogen) atoms. The Bertz CT molecular complexity index is 2580. The Kier molecular flexibility index (Phi) is 7.28. The van der Waals surface area contributed by atoms with Crippen LogP contribution in [0.15, 0.2) is 119 Å². The first-order valence-electron chi connectivity index (χ1n) is 14.6. The summed E-state index contributed by atoms with van der Waals surface area (Å²) < 4.78 is 28.6. The lowest BCUT2D eigenvalue weighted by molar-refractivity contribution is 0.0950. The average molecular weight is 640 g/mol. The van der Waals surface area contributed by atoms with Crippen LogP contribution in [0.25, 0.3) is 44.3 Å². The van der Waals surface area contributed by atoms with Gasteiger partial charge in [-0.15, -0.1) is 0 Å². The highest BCUT2D eigenvalue weighted by Crippen LogP contribution is 2.28. The number of hydrogen-bond donors (Lipinski definition) is 1. The highest BCUT2D eigenvalue weighted by atomic mass is 19.1. The summed E-state index contributed by atoms with van der Waals surface area (Å²) in [4.78, 5) is 65.5. The van der Waals surface area contributed by atoms with E-state index in [1.807, 2.05) is 0 Å². The van der Waals surface area contributed by atoms with Gasteiger partial charge in [0, 0.05) is 34.5 Å². The van der Waals surface area contributed by atoms with E-state index in [1.165, 1.54) is 67.7 Å². The molecule has 0 bridgehead atoms. The number of fused-ring (bicyclic) bond motifs is 2. The number of nitrogens with two attached hydrogens (primary N) is 1. The van der Waals surface area contributed by atoms with Crippen molar-refractivity contribution in [3.05, 3.63) is 158 Å². The predicted molar refractivity (Wildman–Crippen MR) is 178 cm³/mol. The summed E-state index contributed by atoms with van der Waals surface area (Å²) in [5.41, 5.74) is 5.82. The van der Waals surface area contributed by atoms with Crippen molar-refractivity contribution >= 4 is 39.3 Å². The maximum atomic E-state index is 14.3. The molecule has 0 spiro atoms. The molecule has 0 amide bonds. The van der Waals surface area contributed by atoms with E-state index < -0.39 is 46.0 Å². The number of nitrogen functional groups attached to an aromatic ring is 1. The number of ketones is 1. The first kappa shape index (κ1) is 30.1. The molecule has 0 unspecified atom stereocenters. The van der Waals surface area contributed by atoms with E-state index in [0.717, 1.165) is 4.57 Å². The van der Waals surface area contributed by atoms with Crippen LogP contribution in [0.5, 0.6) is 0 Å². The lowest BCUT2D eigenvalue weighted by atomic mass is 9.97. The third kappa shape index (κ3) is 5.03. The van der Waals surface area contributed by atoms with E-state index in [9.17, 15) is 28.0 Å². The number of hydrogen-bond acceptors (Lipinski definition) is 7. The molecule has 0 aliphatic rings. The zero-order chi connectivity index (χ0) is 33.7. The smallest absolute Gasteiger partial charge is 0.339 e. The molecule has 0 atom stereocenters. The number of carbonyl (C=O) groups excluding carboxylic acids is 2. The molecule has 0 aliphatic carbocycles. The Morgan fingerprint density at radius 1 is 0.667 bits per heavy atom. The molecule has 7 aromatic rings. The first-order valence-corrected chi connectivity index (χ1v) is 14.6. The van der Waals surface area contributed by atoms with Gasteiger partial charge in [0.25, 0.3) is 11.5 Å². The summed E-state index contributed by atoms with van der Waals surface area (Å²) in [6.07, 6.45) is 0. The molecule has 9 nitrogen and oxygen atoms in total. The number of nitrogens with zero attached hydrogens (tertiary/aromatic N) is 4. The van der Waals surface area contributed by atoms with Crippen LogP contribution in [-0.4, -0.2) is 30.8 Å². The standard InChI is InChI=1S/C37H23F2N5O4/c1-43-34(40)32(33(45)26-18-30(20-10-14-22(38)15-11-20)41-28-8-4-2-6-24(26)28)36(47)44(37(43)48)35(46)27-19-31(21-12-16-23(39)17-13-21)42-29-9-5-3-7-25(27)29/h2-19H,40H2,1H3. The summed E-state index contributed by atoms with van der Waals surface area (Å²) in [5.74, 6) is -3.20. The third-order valence-electron chi connectivity index (χ3n) is 8.13. The topological polar surface area (TPSA) is 130 Å². The van der Waals surface area contributed by atoms with Gasteiger partial charge in [0.15, 0.2) is 0 Å². The van der Waals surface area contributed by atoms with Crippen molar-refractivity contribution in [2.45, 2.75) is 0 Å². The minimum absolute atomic E-state index is 0.0364. The van der Waals surface area contributed by atoms with Crippen molar-refractivity contribution in [3.8, 4) is 22.5 Å². The summed E-state index contributed by atoms with van der Waals surface area (Å²) in [6, 6.07) is 27.3. The molecule has 0 radical (unpaired) electrons. The molecule has 7 rings (SSSR count). The molecule has 3 heterocycles. The molecule has 2 N–H and O–H groups in total. The normalized spacial score (nSPS) is 11.2. The van der Waals surface area contributed by atoms with Crippen molar-refractivity contribution in [2.24, 2.45) is 7.05 Å². The van der Waals surface area contributed by atoms with Crippen molar-refractivity contribution in [2.75, 3.05) is 5.73 Å². The average Bonchev–Trinajstić information content (AvgIpc) is 3.10. The van der Waals surface area contributed by atoms with Crippen LogP contribution in [0.1, 0.15) is 26.3 Å². The Hall–Kier alpha value is -6.62. The number of anilines is 1. The predicted octanol–water partition coefficient (Wildman–Crippen LogP) is 5.76. The lowest BCUT2D eigenvalue weighted by Crippen LogP contribution is -2.46. The second kappa shape index (κ2) is 11.6. The van der Waals surface area contributed by atoms with Crippen LogP contribution in [-0.2, 0) is 7.05 Å². The Balaban J connectivity index is 1.43. The number of benzene rings is 4. The number of rotatable bonds is 5. The van der Waals surface area contributed by atoms with Gasteiger partial charge < -0.3 is 5.73 Å². The molecule has 3 aromatic heterocycles. The van der Waals surface area contributed by atoms with Gasteiger partial charge in [-0.1, -0.05) is 36.4 Å². The highest BCUT2D eigenvalue weighted by Gasteiger charge is 2.28. The van der Waals surface area contributed by atoms with Gasteiger partial charge in [-0.25, -0.2) is 23.5 Å². The van der Waals surface area contributed by atoms with E-state index in [0.29, 0.717) is 48.9 Å². The molecule has 4 aromatic carbocycles. The molecular formula is C37H23F2N5O4. The molecule has 11 heteroatoms. The summed E-state index contributed by atoms with van der Waals surface area (Å²) >= 11 is 0. The molecule has 234 valence electrons. The summed E-state index contributed by atoms with van der Waals surface area (Å²) in [7, 11) is 1.25. The fourth-order valence-corrected chi connectivity index (χ4v) is 5.63. The molecule has 0 fully saturated rings. The van der Waals surface area contributed by atoms with Crippen LogP contribution in [0, 0.1) is 11.6 Å². The molecule has 0 aliphatic heterocycles. The van der Waals surface area contributed by atoms with Gasteiger partial charge in [0.1, 0.15) is 23.0 Å². The minimum Gasteiger partial charge on any atom is -0.384 e. The first-order chi connectivity index (χ1) is 23.1. The monoisotopic (exact) mass is 639 g/mol. The van der Waals surface area contributed by atoms with E-state index in [2.05, 4.69) is 9.97 Å². The van der Waals surface area contributed by atoms with E-state index in [4.69, 9.17) is 5.73 Å². The maximum Gasteiger partial charge on any atom is 0.339 e. The summed E-state index contributed by atoms with van der Waals surface area (Å²) in [5, 5.41) is 0.735. The Morgan fingerprint density at radius 2 is 1.12 bits per heavy atom. The number of para-hydroxylation sites is 2. The Morgan fingerprint density at radius 3 is 1.65 bits per heavy atom. The van der Waals surface area contributed by atoms with Crippen molar-refractivity contribution in [1.29, 1.82) is 0 Å². The molecular weight excluding hydrogens is 616 g/mol. The van der Waals surface area contributed by atoms with Gasteiger partial charge in [-0.3, -0.25) is 19.0 Å². The summed E-state index contributed by atoms with van der Waals surface area (Å²) in [6.45, 7) is 0. The van der Waals surface area contributed by atoms with E-state index >= 15 is 0 Å². The molecule has 0 saturated heterocycles. The van der Waals surface area contributed by atoms with Crippen molar-refractivity contribution < 1.29 is 18.4 Å². The second-order valence-corrected chi connectivity index (χ2v) is 11.0. The van der Waals surface area contributed by atoms with Crippen molar-refractivity contribution in [3.63, 3.8) is 0 Å². The van der Waals surface area contributed by atoms with Crippen LogP contribution in [0.2, 0.25) is 0 Å². The maximum absolute atomic E-state index is 14.3. The minimum atomic E-state index is -1.21. The van der Waals surface area contributed by atoms with E-state index in [1.54, 1.807) is 48.5 Å². The lowest BCUT2D eigenvalue weighted by Gasteiger charge is -2.15. The van der Waals surface area contributed by atoms with Gasteiger partial charge in [0.05, 0.1) is 28.0 Å². The quantitative estimate of drug-likeness (QED) is 0.237. The number of aromatic nitrogens is 4. The van der Waals surface area contributed by atoms with Gasteiger partial charge in [-0.05, 0) is 72.8 Å². The zero-order valence-corrected chi connectivity index (χ0v) is 25.1. The van der Waals surface area contributed by atoms with Crippen LogP contribution in [0.4, 0.5) is 14.6 Å². The zero-order valence-electron chi connectivity index (χ0n) is 25.1. The molecule has 0 saturated carbocycles. The number of carbonyl (C=O) groups is 2. The second-order valence-electron chi connectivity index (χ2n) is 11.0. The SMILES string of the molecule is Cn1c(N)c(C(=O)c2cc(-c3ccc(F)cc3)nc3ccccc23)c(=O)n(C(=O)c2cc(-c3ccc(F)cc3)nc3ccccc23)c1=O. The van der Waals surface area contributed by atoms with Crippen molar-refractivity contribution in [1.82, 2.24) is 19.1 Å². The van der Waals surface area contributed by atoms with Gasteiger partial charge >= 0.3 is 5.69 Å². The van der Waals surface area contributed by atoms with Gasteiger partial charge in [-0.2, -0.15) is 4.57 Å².